The summed E-state index contributed by atoms with van der Waals surface area (Å²) in [5.41, 5.74) is 2.74. The largest absolute Gasteiger partial charge is 0.481 e. The van der Waals surface area contributed by atoms with Gasteiger partial charge in [-0.15, -0.1) is 0 Å². The molecule has 0 fully saturated rings. The minimum Gasteiger partial charge on any atom is -0.481 e. The van der Waals surface area contributed by atoms with Crippen molar-refractivity contribution in [2.24, 2.45) is 5.92 Å². The fraction of sp³-hybridized carbons (Fsp3) is 0.333. The molecule has 0 saturated carbocycles. The summed E-state index contributed by atoms with van der Waals surface area (Å²) in [5, 5.41) is 18.4. The Labute approximate surface area is 223 Å². The molecule has 0 aliphatic heterocycles. The van der Waals surface area contributed by atoms with E-state index in [0.717, 1.165) is 23.4 Å². The summed E-state index contributed by atoms with van der Waals surface area (Å²) >= 11 is 0. The number of pyridine rings is 1. The van der Waals surface area contributed by atoms with Crippen LogP contribution in [0.1, 0.15) is 51.1 Å². The molecule has 0 bridgehead atoms. The third kappa shape index (κ3) is 9.03. The van der Waals surface area contributed by atoms with Crippen LogP contribution in [-0.2, 0) is 14.4 Å². The summed E-state index contributed by atoms with van der Waals surface area (Å²) in [7, 11) is 0. The molecule has 1 unspecified atom stereocenters. The number of carboxylic acids is 1. The number of carboxylic acid groups (broad SMARTS) is 1. The maximum Gasteiger partial charge on any atom is 0.305 e. The maximum absolute atomic E-state index is 13.2. The van der Waals surface area contributed by atoms with Gasteiger partial charge < -0.3 is 21.1 Å². The first-order valence-electron chi connectivity index (χ1n) is 13.0. The van der Waals surface area contributed by atoms with E-state index in [1.54, 1.807) is 6.20 Å². The molecule has 1 aromatic heterocycles. The van der Waals surface area contributed by atoms with E-state index in [-0.39, 0.29) is 18.2 Å². The summed E-state index contributed by atoms with van der Waals surface area (Å²) in [4.78, 5) is 41.5. The van der Waals surface area contributed by atoms with Crippen LogP contribution in [0.4, 0.5) is 5.82 Å². The average Bonchev–Trinajstić information content (AvgIpc) is 2.92. The summed E-state index contributed by atoms with van der Waals surface area (Å²) in [6, 6.07) is 21.5. The predicted octanol–water partition coefficient (Wildman–Crippen LogP) is 4.80. The molecule has 0 spiro atoms. The SMILES string of the molecule is CC(C)[C@@H](NC(=O)CCCCNc1ccccn1)C(=O)NC(CC(=O)O)c1ccc(-c2ccccc2)cc1. The van der Waals surface area contributed by atoms with E-state index in [2.05, 4.69) is 20.9 Å². The summed E-state index contributed by atoms with van der Waals surface area (Å²) < 4.78 is 0. The Morgan fingerprint density at radius 1 is 0.842 bits per heavy atom. The molecule has 0 radical (unpaired) electrons. The maximum atomic E-state index is 13.2. The number of rotatable bonds is 14. The Balaban J connectivity index is 1.55. The number of hydrogen-bond acceptors (Lipinski definition) is 5. The number of hydrogen-bond donors (Lipinski definition) is 4. The zero-order valence-corrected chi connectivity index (χ0v) is 21.9. The van der Waals surface area contributed by atoms with Gasteiger partial charge in [0, 0.05) is 19.2 Å². The first-order chi connectivity index (χ1) is 18.3. The van der Waals surface area contributed by atoms with Crippen LogP contribution in [0.15, 0.2) is 79.0 Å². The van der Waals surface area contributed by atoms with Gasteiger partial charge in [0.05, 0.1) is 12.5 Å². The van der Waals surface area contributed by atoms with Gasteiger partial charge in [-0.1, -0.05) is 74.5 Å². The predicted molar refractivity (Wildman–Crippen MR) is 148 cm³/mol. The number of aliphatic carboxylic acids is 1. The van der Waals surface area contributed by atoms with Crippen molar-refractivity contribution in [2.45, 2.75) is 51.6 Å². The first-order valence-corrected chi connectivity index (χ1v) is 13.0. The quantitative estimate of drug-likeness (QED) is 0.228. The van der Waals surface area contributed by atoms with Gasteiger partial charge in [-0.25, -0.2) is 4.98 Å². The lowest BCUT2D eigenvalue weighted by Gasteiger charge is -2.25. The zero-order chi connectivity index (χ0) is 27.3. The van der Waals surface area contributed by atoms with Crippen molar-refractivity contribution >= 4 is 23.6 Å². The van der Waals surface area contributed by atoms with Gasteiger partial charge in [0.2, 0.25) is 11.8 Å². The lowest BCUT2D eigenvalue weighted by molar-refractivity contribution is -0.138. The van der Waals surface area contributed by atoms with Crippen molar-refractivity contribution in [1.29, 1.82) is 0 Å². The second-order valence-electron chi connectivity index (χ2n) is 9.54. The zero-order valence-electron chi connectivity index (χ0n) is 21.9. The van der Waals surface area contributed by atoms with Crippen molar-refractivity contribution in [1.82, 2.24) is 15.6 Å². The molecule has 0 saturated heterocycles. The fourth-order valence-electron chi connectivity index (χ4n) is 4.10. The molecule has 0 aliphatic rings. The molecule has 0 aliphatic carbocycles. The topological polar surface area (TPSA) is 120 Å². The lowest BCUT2D eigenvalue weighted by atomic mass is 9.97. The van der Waals surface area contributed by atoms with Crippen LogP contribution >= 0.6 is 0 Å². The Morgan fingerprint density at radius 2 is 1.53 bits per heavy atom. The van der Waals surface area contributed by atoms with Crippen molar-refractivity contribution in [3.05, 3.63) is 84.6 Å². The van der Waals surface area contributed by atoms with Gasteiger partial charge in [-0.2, -0.15) is 0 Å². The van der Waals surface area contributed by atoms with E-state index < -0.39 is 24.0 Å². The number of anilines is 1. The number of carbonyl (C=O) groups is 3. The molecule has 3 aromatic rings. The molecule has 4 N–H and O–H groups in total. The van der Waals surface area contributed by atoms with Gasteiger partial charge in [-0.05, 0) is 47.6 Å². The number of nitrogens with one attached hydrogen (secondary N) is 3. The summed E-state index contributed by atoms with van der Waals surface area (Å²) in [6.45, 7) is 4.39. The smallest absolute Gasteiger partial charge is 0.305 e. The molecule has 2 amide bonds. The average molecular weight is 517 g/mol. The Bertz CT molecular complexity index is 1170. The molecular formula is C30H36N4O4. The second kappa shape index (κ2) is 14.5. The molecule has 3 rings (SSSR count). The lowest BCUT2D eigenvalue weighted by Crippen LogP contribution is -2.50. The van der Waals surface area contributed by atoms with E-state index in [4.69, 9.17) is 0 Å². The van der Waals surface area contributed by atoms with Crippen LogP contribution in [-0.4, -0.2) is 40.5 Å². The molecule has 1 heterocycles. The molecule has 8 nitrogen and oxygen atoms in total. The van der Waals surface area contributed by atoms with Crippen LogP contribution < -0.4 is 16.0 Å². The third-order valence-electron chi connectivity index (χ3n) is 6.18. The van der Waals surface area contributed by atoms with Crippen LogP contribution in [0.5, 0.6) is 0 Å². The van der Waals surface area contributed by atoms with Crippen LogP contribution in [0.2, 0.25) is 0 Å². The minimum absolute atomic E-state index is 0.171. The minimum atomic E-state index is -1.02. The van der Waals surface area contributed by atoms with Crippen LogP contribution in [0.25, 0.3) is 11.1 Å². The first kappa shape index (κ1) is 28.4. The fourth-order valence-corrected chi connectivity index (χ4v) is 4.10. The molecule has 2 aromatic carbocycles. The van der Waals surface area contributed by atoms with Gasteiger partial charge in [0.25, 0.3) is 0 Å². The second-order valence-corrected chi connectivity index (χ2v) is 9.54. The molecule has 200 valence electrons. The third-order valence-corrected chi connectivity index (χ3v) is 6.18. The molecule has 8 heteroatoms. The van der Waals surface area contributed by atoms with Gasteiger partial charge in [0.15, 0.2) is 0 Å². The number of unbranched alkanes of at least 4 members (excludes halogenated alkanes) is 1. The highest BCUT2D eigenvalue weighted by Gasteiger charge is 2.27. The van der Waals surface area contributed by atoms with Crippen molar-refractivity contribution in [2.75, 3.05) is 11.9 Å². The molecular weight excluding hydrogens is 480 g/mol. The van der Waals surface area contributed by atoms with E-state index in [1.807, 2.05) is 86.6 Å². The van der Waals surface area contributed by atoms with Crippen molar-refractivity contribution in [3.8, 4) is 11.1 Å². The number of carbonyl (C=O) groups excluding carboxylic acids is 2. The van der Waals surface area contributed by atoms with Crippen LogP contribution in [0, 0.1) is 5.92 Å². The highest BCUT2D eigenvalue weighted by Crippen LogP contribution is 2.24. The number of benzene rings is 2. The van der Waals surface area contributed by atoms with Crippen molar-refractivity contribution < 1.29 is 19.5 Å². The summed E-state index contributed by atoms with van der Waals surface area (Å²) in [6.07, 6.45) is 3.18. The van der Waals surface area contributed by atoms with Crippen LogP contribution in [0.3, 0.4) is 0 Å². The number of aromatic nitrogens is 1. The standard InChI is InChI=1S/C30H36N4O4/c1-21(2)29(34-27(35)13-7-9-19-32-26-12-6-8-18-31-26)30(38)33-25(20-28(36)37)24-16-14-23(15-17-24)22-10-4-3-5-11-22/h3-6,8,10-12,14-18,21,25,29H,7,9,13,19-20H2,1-2H3,(H,31,32)(H,33,38)(H,34,35)(H,36,37)/t25?,29-/m1/s1. The van der Waals surface area contributed by atoms with E-state index in [1.165, 1.54) is 0 Å². The Kier molecular flexibility index (Phi) is 10.8. The van der Waals surface area contributed by atoms with E-state index in [0.29, 0.717) is 24.9 Å². The van der Waals surface area contributed by atoms with Gasteiger partial charge in [0.1, 0.15) is 11.9 Å². The van der Waals surface area contributed by atoms with E-state index >= 15 is 0 Å². The number of amides is 2. The van der Waals surface area contributed by atoms with E-state index in [9.17, 15) is 19.5 Å². The monoisotopic (exact) mass is 516 g/mol. The molecule has 38 heavy (non-hydrogen) atoms. The summed E-state index contributed by atoms with van der Waals surface area (Å²) in [5.74, 6) is -1.01. The van der Waals surface area contributed by atoms with Crippen molar-refractivity contribution in [3.63, 3.8) is 0 Å². The normalized spacial score (nSPS) is 12.4. The number of nitrogens with zero attached hydrogens (tertiary/aromatic N) is 1. The molecule has 2 atom stereocenters. The Hall–Kier alpha value is -4.20. The van der Waals surface area contributed by atoms with Gasteiger partial charge in [-0.3, -0.25) is 14.4 Å². The highest BCUT2D eigenvalue weighted by atomic mass is 16.4. The van der Waals surface area contributed by atoms with Gasteiger partial charge >= 0.3 is 5.97 Å². The highest BCUT2D eigenvalue weighted by molar-refractivity contribution is 5.88. The Morgan fingerprint density at radius 3 is 2.16 bits per heavy atom.